The van der Waals surface area contributed by atoms with Crippen LogP contribution in [-0.2, 0) is 10.9 Å². The Balaban J connectivity index is 2.93. The fourth-order valence-corrected chi connectivity index (χ4v) is 1.30. The van der Waals surface area contributed by atoms with Gasteiger partial charge in [-0.15, -0.1) is 0 Å². The smallest absolute Gasteiger partial charge is 0.419 e. The number of alkyl halides is 3. The van der Waals surface area contributed by atoms with Crippen LogP contribution in [0.1, 0.15) is 35.7 Å². The molecule has 0 spiro atoms. The monoisotopic (exact) mass is 264 g/mol. The summed E-state index contributed by atoms with van der Waals surface area (Å²) in [6.45, 7) is 1.92. The molecule has 1 rings (SSSR count). The molecule has 18 heavy (non-hydrogen) atoms. The van der Waals surface area contributed by atoms with E-state index in [-0.39, 0.29) is 6.61 Å². The van der Waals surface area contributed by atoms with E-state index in [1.165, 1.54) is 0 Å². The Kier molecular flexibility index (Phi) is 4.69. The van der Waals surface area contributed by atoms with E-state index in [0.29, 0.717) is 12.5 Å². The van der Waals surface area contributed by atoms with Crippen molar-refractivity contribution in [2.75, 3.05) is 6.61 Å². The molecular weight excluding hydrogens is 252 g/mol. The summed E-state index contributed by atoms with van der Waals surface area (Å²) in [5.74, 6) is -2.67. The van der Waals surface area contributed by atoms with Crippen LogP contribution in [0.5, 0.6) is 0 Å². The van der Waals surface area contributed by atoms with Crippen LogP contribution in [0.4, 0.5) is 17.6 Å². The van der Waals surface area contributed by atoms with Crippen molar-refractivity contribution >= 4 is 5.97 Å². The normalized spacial score (nSPS) is 11.4. The van der Waals surface area contributed by atoms with Crippen LogP contribution in [0, 0.1) is 5.82 Å². The molecule has 0 amide bonds. The van der Waals surface area contributed by atoms with Gasteiger partial charge in [0.05, 0.1) is 17.7 Å². The number of halogens is 4. The number of carbonyl (C=O) groups excluding carboxylic acids is 1. The molecule has 0 radical (unpaired) electrons. The highest BCUT2D eigenvalue weighted by molar-refractivity contribution is 5.90. The molecule has 0 saturated heterocycles. The molecule has 0 aliphatic carbocycles. The molecule has 0 fully saturated rings. The summed E-state index contributed by atoms with van der Waals surface area (Å²) in [7, 11) is 0. The number of rotatable bonds is 4. The quantitative estimate of drug-likeness (QED) is 0.469. The van der Waals surface area contributed by atoms with Gasteiger partial charge in [0.1, 0.15) is 5.82 Å². The van der Waals surface area contributed by atoms with Crippen LogP contribution in [0.15, 0.2) is 18.2 Å². The van der Waals surface area contributed by atoms with E-state index < -0.39 is 29.1 Å². The third-order valence-corrected chi connectivity index (χ3v) is 2.26. The van der Waals surface area contributed by atoms with Crippen molar-refractivity contribution < 1.29 is 27.1 Å². The first kappa shape index (κ1) is 14.5. The van der Waals surface area contributed by atoms with Crippen LogP contribution in [-0.4, -0.2) is 12.6 Å². The Morgan fingerprint density at radius 2 is 2.00 bits per heavy atom. The minimum absolute atomic E-state index is 0.0605. The van der Waals surface area contributed by atoms with E-state index in [2.05, 4.69) is 4.74 Å². The van der Waals surface area contributed by atoms with Crippen molar-refractivity contribution in [3.63, 3.8) is 0 Å². The van der Waals surface area contributed by atoms with Gasteiger partial charge >= 0.3 is 12.1 Å². The minimum atomic E-state index is -4.83. The number of esters is 1. The molecule has 0 atom stereocenters. The largest absolute Gasteiger partial charge is 0.462 e. The second-order valence-electron chi connectivity index (χ2n) is 3.65. The van der Waals surface area contributed by atoms with Crippen LogP contribution in [0.2, 0.25) is 0 Å². The first-order valence-corrected chi connectivity index (χ1v) is 5.40. The van der Waals surface area contributed by atoms with E-state index >= 15 is 0 Å². The molecule has 0 bridgehead atoms. The van der Waals surface area contributed by atoms with Gasteiger partial charge in [-0.1, -0.05) is 19.4 Å². The molecule has 0 saturated carbocycles. The molecule has 100 valence electrons. The lowest BCUT2D eigenvalue weighted by Crippen LogP contribution is -2.14. The van der Waals surface area contributed by atoms with E-state index in [1.807, 2.05) is 6.92 Å². The van der Waals surface area contributed by atoms with E-state index in [4.69, 9.17) is 0 Å². The summed E-state index contributed by atoms with van der Waals surface area (Å²) in [5, 5.41) is 0. The molecule has 0 aliphatic heterocycles. The zero-order chi connectivity index (χ0) is 13.8. The Labute approximate surface area is 102 Å². The third kappa shape index (κ3) is 3.45. The van der Waals surface area contributed by atoms with Gasteiger partial charge in [-0.05, 0) is 18.6 Å². The van der Waals surface area contributed by atoms with Crippen LogP contribution >= 0.6 is 0 Å². The lowest BCUT2D eigenvalue weighted by molar-refractivity contribution is -0.140. The molecule has 0 heterocycles. The maximum atomic E-state index is 13.5. The standard InChI is InChI=1S/C12H12F4O2/c1-2-3-7-18-11(17)8-5-4-6-9(10(8)13)12(14,15)16/h4-6H,2-3,7H2,1H3. The van der Waals surface area contributed by atoms with Gasteiger partial charge in [-0.2, -0.15) is 13.2 Å². The van der Waals surface area contributed by atoms with Gasteiger partial charge in [0.15, 0.2) is 0 Å². The van der Waals surface area contributed by atoms with Crippen molar-refractivity contribution in [3.05, 3.63) is 35.1 Å². The van der Waals surface area contributed by atoms with Crippen molar-refractivity contribution in [3.8, 4) is 0 Å². The first-order chi connectivity index (χ1) is 8.38. The summed E-state index contributed by atoms with van der Waals surface area (Å²) >= 11 is 0. The second-order valence-corrected chi connectivity index (χ2v) is 3.65. The SMILES string of the molecule is CCCCOC(=O)c1cccc(C(F)(F)F)c1F. The van der Waals surface area contributed by atoms with E-state index in [1.54, 1.807) is 0 Å². The van der Waals surface area contributed by atoms with E-state index in [9.17, 15) is 22.4 Å². The maximum absolute atomic E-state index is 13.5. The molecule has 2 nitrogen and oxygen atoms in total. The summed E-state index contributed by atoms with van der Waals surface area (Å²) < 4.78 is 55.4. The van der Waals surface area contributed by atoms with Crippen LogP contribution < -0.4 is 0 Å². The number of hydrogen-bond donors (Lipinski definition) is 0. The molecular formula is C12H12F4O2. The first-order valence-electron chi connectivity index (χ1n) is 5.40. The predicted octanol–water partition coefficient (Wildman–Crippen LogP) is 3.80. The topological polar surface area (TPSA) is 26.3 Å². The highest BCUT2D eigenvalue weighted by Crippen LogP contribution is 2.32. The van der Waals surface area contributed by atoms with Gasteiger partial charge in [-0.3, -0.25) is 0 Å². The maximum Gasteiger partial charge on any atom is 0.419 e. The lowest BCUT2D eigenvalue weighted by Gasteiger charge is -2.10. The molecule has 0 aliphatic rings. The molecule has 1 aromatic rings. The van der Waals surface area contributed by atoms with Crippen molar-refractivity contribution in [2.24, 2.45) is 0 Å². The molecule has 0 N–H and O–H groups in total. The number of hydrogen-bond acceptors (Lipinski definition) is 2. The van der Waals surface area contributed by atoms with Gasteiger partial charge in [0, 0.05) is 0 Å². The highest BCUT2D eigenvalue weighted by Gasteiger charge is 2.35. The zero-order valence-electron chi connectivity index (χ0n) is 9.68. The fraction of sp³-hybridized carbons (Fsp3) is 0.417. The van der Waals surface area contributed by atoms with Crippen molar-refractivity contribution in [1.82, 2.24) is 0 Å². The number of benzene rings is 1. The summed E-state index contributed by atoms with van der Waals surface area (Å²) in [5.41, 5.74) is -2.16. The Bertz CT molecular complexity index is 427. The summed E-state index contributed by atoms with van der Waals surface area (Å²) in [6.07, 6.45) is -3.49. The Hall–Kier alpha value is -1.59. The van der Waals surface area contributed by atoms with Crippen LogP contribution in [0.25, 0.3) is 0 Å². The second kappa shape index (κ2) is 5.84. The molecule has 6 heteroatoms. The van der Waals surface area contributed by atoms with Crippen LogP contribution in [0.3, 0.4) is 0 Å². The fourth-order valence-electron chi connectivity index (χ4n) is 1.30. The summed E-state index contributed by atoms with van der Waals surface area (Å²) in [6, 6.07) is 2.53. The predicted molar refractivity (Wildman–Crippen MR) is 56.6 cm³/mol. The van der Waals surface area contributed by atoms with E-state index in [0.717, 1.165) is 18.6 Å². The number of ether oxygens (including phenoxy) is 1. The summed E-state index contributed by atoms with van der Waals surface area (Å²) in [4.78, 5) is 11.4. The van der Waals surface area contributed by atoms with Gasteiger partial charge in [0.25, 0.3) is 0 Å². The Morgan fingerprint density at radius 3 is 2.56 bits per heavy atom. The molecule has 0 unspecified atom stereocenters. The molecule has 0 aromatic heterocycles. The average Bonchev–Trinajstić information content (AvgIpc) is 2.28. The number of unbranched alkanes of at least 4 members (excludes halogenated alkanes) is 1. The van der Waals surface area contributed by atoms with Gasteiger partial charge in [0.2, 0.25) is 0 Å². The van der Waals surface area contributed by atoms with Crippen molar-refractivity contribution in [2.45, 2.75) is 25.9 Å². The zero-order valence-corrected chi connectivity index (χ0v) is 9.68. The van der Waals surface area contributed by atoms with Gasteiger partial charge in [-0.25, -0.2) is 9.18 Å². The minimum Gasteiger partial charge on any atom is -0.462 e. The Morgan fingerprint density at radius 1 is 1.33 bits per heavy atom. The highest BCUT2D eigenvalue weighted by atomic mass is 19.4. The lowest BCUT2D eigenvalue weighted by atomic mass is 10.1. The van der Waals surface area contributed by atoms with Gasteiger partial charge < -0.3 is 4.74 Å². The third-order valence-electron chi connectivity index (χ3n) is 2.26. The van der Waals surface area contributed by atoms with Crippen molar-refractivity contribution in [1.29, 1.82) is 0 Å². The average molecular weight is 264 g/mol. The number of carbonyl (C=O) groups is 1. The molecule has 1 aromatic carbocycles.